The molecule has 2 atom stereocenters. The summed E-state index contributed by atoms with van der Waals surface area (Å²) in [6, 6.07) is 13.2. The molecule has 5 nitrogen and oxygen atoms in total. The number of nitrogens with zero attached hydrogens (tertiary/aromatic N) is 4. The highest BCUT2D eigenvalue weighted by atomic mass is 35.5. The Balaban J connectivity index is 1.61. The number of hydrogen-bond donors (Lipinski definition) is 1. The molecule has 0 bridgehead atoms. The summed E-state index contributed by atoms with van der Waals surface area (Å²) in [4.78, 5) is 12.3. The summed E-state index contributed by atoms with van der Waals surface area (Å²) in [5, 5.41) is 12.8. The molecule has 0 saturated carbocycles. The van der Waals surface area contributed by atoms with E-state index < -0.39 is 11.4 Å². The Morgan fingerprint density at radius 2 is 1.69 bits per heavy atom. The highest BCUT2D eigenvalue weighted by molar-refractivity contribution is 6.36. The first kappa shape index (κ1) is 23.2. The van der Waals surface area contributed by atoms with Crippen molar-refractivity contribution in [1.82, 2.24) is 14.9 Å². The Morgan fingerprint density at radius 3 is 2.34 bits per heavy atom. The number of aromatic nitrogens is 2. The topological polar surface area (TPSA) is 52.5 Å². The smallest absolute Gasteiger partial charge is 0.161 e. The van der Waals surface area contributed by atoms with Crippen molar-refractivity contribution in [2.24, 2.45) is 0 Å². The van der Waals surface area contributed by atoms with Gasteiger partial charge in [0.25, 0.3) is 0 Å². The van der Waals surface area contributed by atoms with Gasteiger partial charge in [-0.25, -0.2) is 14.4 Å². The van der Waals surface area contributed by atoms with Crippen molar-refractivity contribution in [3.05, 3.63) is 87.1 Å². The van der Waals surface area contributed by atoms with Crippen LogP contribution in [0.3, 0.4) is 0 Å². The first-order valence-electron chi connectivity index (χ1n) is 10.1. The summed E-state index contributed by atoms with van der Waals surface area (Å²) >= 11 is 18.7. The number of rotatable bonds is 5. The van der Waals surface area contributed by atoms with Crippen LogP contribution in [0.25, 0.3) is 0 Å². The van der Waals surface area contributed by atoms with Crippen LogP contribution in [-0.4, -0.2) is 46.2 Å². The predicted octanol–water partition coefficient (Wildman–Crippen LogP) is 5.35. The van der Waals surface area contributed by atoms with E-state index in [1.165, 1.54) is 0 Å². The molecule has 32 heavy (non-hydrogen) atoms. The lowest BCUT2D eigenvalue weighted by molar-refractivity contribution is 0.00281. The lowest BCUT2D eigenvalue weighted by Gasteiger charge is -2.45. The van der Waals surface area contributed by atoms with E-state index in [1.54, 1.807) is 13.0 Å². The Labute approximate surface area is 201 Å². The number of aliphatic hydroxyl groups is 1. The maximum atomic E-state index is 13.2. The molecule has 3 aromatic rings. The molecule has 0 unspecified atom stereocenters. The maximum absolute atomic E-state index is 13.2. The molecule has 0 aliphatic carbocycles. The molecule has 1 N–H and O–H groups in total. The lowest BCUT2D eigenvalue weighted by Crippen LogP contribution is -2.52. The summed E-state index contributed by atoms with van der Waals surface area (Å²) in [5.74, 6) is -0.356. The third-order valence-electron chi connectivity index (χ3n) is 5.57. The number of piperazine rings is 1. The largest absolute Gasteiger partial charge is 0.381 e. The fourth-order valence-corrected chi connectivity index (χ4v) is 4.70. The van der Waals surface area contributed by atoms with Gasteiger partial charge in [-0.2, -0.15) is 0 Å². The SMILES string of the molecule is C[C@@](O)(CN1CCN(c2ccc(Cl)cc2Cl)[C@H](c2ccc(Cl)cc2)C1)c1ncc(F)cn1. The van der Waals surface area contributed by atoms with Gasteiger partial charge in [0.15, 0.2) is 11.6 Å². The predicted molar refractivity (Wildman–Crippen MR) is 126 cm³/mol. The van der Waals surface area contributed by atoms with Crippen molar-refractivity contribution in [3.8, 4) is 0 Å². The van der Waals surface area contributed by atoms with Crippen LogP contribution in [0.5, 0.6) is 0 Å². The zero-order chi connectivity index (χ0) is 22.9. The summed E-state index contributed by atoms with van der Waals surface area (Å²) in [7, 11) is 0. The summed E-state index contributed by atoms with van der Waals surface area (Å²) in [6.07, 6.45) is 2.13. The Hall–Kier alpha value is -1.96. The van der Waals surface area contributed by atoms with Crippen LogP contribution in [-0.2, 0) is 5.60 Å². The molecule has 2 aromatic carbocycles. The van der Waals surface area contributed by atoms with Gasteiger partial charge in [0.1, 0.15) is 5.60 Å². The Morgan fingerprint density at radius 1 is 1.03 bits per heavy atom. The lowest BCUT2D eigenvalue weighted by atomic mass is 9.99. The number of β-amino-alcohol motifs (C(OH)–C–C–N with tert-alkyl or cyclic N) is 1. The van der Waals surface area contributed by atoms with Crippen LogP contribution in [0.4, 0.5) is 10.1 Å². The number of anilines is 1. The third kappa shape index (κ3) is 5.16. The summed E-state index contributed by atoms with van der Waals surface area (Å²) in [5.41, 5.74) is 0.630. The first-order chi connectivity index (χ1) is 15.2. The van der Waals surface area contributed by atoms with Crippen molar-refractivity contribution in [2.75, 3.05) is 31.1 Å². The monoisotopic (exact) mass is 494 g/mol. The first-order valence-corrected chi connectivity index (χ1v) is 11.3. The highest BCUT2D eigenvalue weighted by Crippen LogP contribution is 2.37. The normalized spacial score (nSPS) is 19.1. The molecule has 0 spiro atoms. The summed E-state index contributed by atoms with van der Waals surface area (Å²) in [6.45, 7) is 3.91. The van der Waals surface area contributed by atoms with Crippen LogP contribution in [0.15, 0.2) is 54.9 Å². The van der Waals surface area contributed by atoms with E-state index in [9.17, 15) is 9.50 Å². The van der Waals surface area contributed by atoms with E-state index in [1.807, 2.05) is 36.4 Å². The van der Waals surface area contributed by atoms with E-state index in [4.69, 9.17) is 34.8 Å². The average molecular weight is 496 g/mol. The van der Waals surface area contributed by atoms with Gasteiger partial charge in [-0.1, -0.05) is 46.9 Å². The van der Waals surface area contributed by atoms with E-state index in [0.717, 1.165) is 23.6 Å². The van der Waals surface area contributed by atoms with Gasteiger partial charge >= 0.3 is 0 Å². The molecular weight excluding hydrogens is 474 g/mol. The van der Waals surface area contributed by atoms with Crippen LogP contribution >= 0.6 is 34.8 Å². The zero-order valence-electron chi connectivity index (χ0n) is 17.3. The number of benzene rings is 2. The van der Waals surface area contributed by atoms with Crippen LogP contribution in [0, 0.1) is 5.82 Å². The number of hydrogen-bond acceptors (Lipinski definition) is 5. The van der Waals surface area contributed by atoms with E-state index >= 15 is 0 Å². The van der Waals surface area contributed by atoms with Crippen molar-refractivity contribution in [3.63, 3.8) is 0 Å². The second-order valence-corrected chi connectivity index (χ2v) is 9.37. The molecule has 1 saturated heterocycles. The summed E-state index contributed by atoms with van der Waals surface area (Å²) < 4.78 is 13.2. The quantitative estimate of drug-likeness (QED) is 0.517. The molecular formula is C23H22Cl3FN4O. The molecule has 4 rings (SSSR count). The van der Waals surface area contributed by atoms with E-state index in [0.29, 0.717) is 41.2 Å². The van der Waals surface area contributed by atoms with Gasteiger partial charge in [0.2, 0.25) is 0 Å². The average Bonchev–Trinajstić information content (AvgIpc) is 2.75. The third-order valence-corrected chi connectivity index (χ3v) is 6.36. The van der Waals surface area contributed by atoms with Crippen molar-refractivity contribution in [1.29, 1.82) is 0 Å². The molecule has 168 valence electrons. The molecule has 0 amide bonds. The van der Waals surface area contributed by atoms with Gasteiger partial charge in [-0.3, -0.25) is 4.90 Å². The zero-order valence-corrected chi connectivity index (χ0v) is 19.6. The van der Waals surface area contributed by atoms with Crippen LogP contribution in [0.2, 0.25) is 15.1 Å². The molecule has 2 heterocycles. The molecule has 1 aliphatic heterocycles. The minimum absolute atomic E-state index is 0.0374. The fourth-order valence-electron chi connectivity index (χ4n) is 4.05. The standard InChI is InChI=1S/C23H22Cl3FN4O/c1-23(32,22-28-11-18(27)12-29-22)14-30-8-9-31(20-7-6-17(25)10-19(20)26)21(13-30)15-2-4-16(24)5-3-15/h2-7,10-12,21,32H,8-9,13-14H2,1H3/t21-,23+/m0/s1. The van der Waals surface area contributed by atoms with E-state index in [2.05, 4.69) is 19.8 Å². The minimum Gasteiger partial charge on any atom is -0.381 e. The second-order valence-electron chi connectivity index (χ2n) is 8.09. The van der Waals surface area contributed by atoms with E-state index in [-0.39, 0.29) is 11.9 Å². The van der Waals surface area contributed by atoms with Crippen LogP contribution in [0.1, 0.15) is 24.4 Å². The maximum Gasteiger partial charge on any atom is 0.161 e. The fraction of sp³-hybridized carbons (Fsp3) is 0.304. The highest BCUT2D eigenvalue weighted by Gasteiger charge is 2.35. The Kier molecular flexibility index (Phi) is 6.89. The minimum atomic E-state index is -1.33. The van der Waals surface area contributed by atoms with Crippen LogP contribution < -0.4 is 4.90 Å². The molecule has 9 heteroatoms. The van der Waals surface area contributed by atoms with Gasteiger partial charge in [0, 0.05) is 36.2 Å². The molecule has 1 aliphatic rings. The molecule has 1 fully saturated rings. The van der Waals surface area contributed by atoms with Crippen molar-refractivity contribution >= 4 is 40.5 Å². The molecule has 0 radical (unpaired) electrons. The van der Waals surface area contributed by atoms with Gasteiger partial charge < -0.3 is 10.0 Å². The van der Waals surface area contributed by atoms with Crippen molar-refractivity contribution in [2.45, 2.75) is 18.6 Å². The van der Waals surface area contributed by atoms with Gasteiger partial charge in [-0.05, 0) is 42.8 Å². The molecule has 1 aromatic heterocycles. The Bertz CT molecular complexity index is 1080. The number of halogens is 4. The van der Waals surface area contributed by atoms with Gasteiger partial charge in [-0.15, -0.1) is 0 Å². The van der Waals surface area contributed by atoms with Gasteiger partial charge in [0.05, 0.1) is 29.1 Å². The van der Waals surface area contributed by atoms with Crippen molar-refractivity contribution < 1.29 is 9.50 Å². The second kappa shape index (κ2) is 9.49.